The van der Waals surface area contributed by atoms with Crippen molar-refractivity contribution in [2.24, 2.45) is 0 Å². The SMILES string of the molecule is CCN(CC(=O)N[C@@H]1CCS(=O)(=O)C1)C(=O)/C=C/c1cccs1. The fourth-order valence-electron chi connectivity index (χ4n) is 2.35. The normalized spacial score (nSPS) is 19.8. The van der Waals surface area contributed by atoms with Crippen molar-refractivity contribution in [1.29, 1.82) is 0 Å². The second kappa shape index (κ2) is 7.74. The van der Waals surface area contributed by atoms with Crippen molar-refractivity contribution in [2.45, 2.75) is 19.4 Å². The Kier molecular flexibility index (Phi) is 5.95. The maximum Gasteiger partial charge on any atom is 0.247 e. The maximum absolute atomic E-state index is 12.1. The van der Waals surface area contributed by atoms with Gasteiger partial charge in [-0.1, -0.05) is 6.07 Å². The Bertz CT molecular complexity index is 680. The Morgan fingerprint density at radius 1 is 1.48 bits per heavy atom. The molecule has 0 aromatic carbocycles. The number of hydrogen-bond acceptors (Lipinski definition) is 5. The molecule has 1 fully saturated rings. The molecule has 1 atom stereocenters. The summed E-state index contributed by atoms with van der Waals surface area (Å²) in [5.74, 6) is -0.475. The molecule has 0 unspecified atom stereocenters. The van der Waals surface area contributed by atoms with E-state index in [1.54, 1.807) is 13.0 Å². The van der Waals surface area contributed by atoms with Gasteiger partial charge >= 0.3 is 0 Å². The minimum atomic E-state index is -3.03. The van der Waals surface area contributed by atoms with Gasteiger partial charge in [-0.15, -0.1) is 11.3 Å². The van der Waals surface area contributed by atoms with Gasteiger partial charge in [0.15, 0.2) is 9.84 Å². The molecule has 0 saturated carbocycles. The number of sulfone groups is 1. The second-order valence-corrected chi connectivity index (χ2v) is 8.58. The van der Waals surface area contributed by atoms with Gasteiger partial charge in [-0.05, 0) is 30.9 Å². The zero-order chi connectivity index (χ0) is 16.9. The summed E-state index contributed by atoms with van der Waals surface area (Å²) in [6, 6.07) is 3.45. The molecular formula is C15H20N2O4S2. The lowest BCUT2D eigenvalue weighted by atomic mass is 10.2. The van der Waals surface area contributed by atoms with E-state index in [0.29, 0.717) is 13.0 Å². The lowest BCUT2D eigenvalue weighted by molar-refractivity contribution is -0.132. The summed E-state index contributed by atoms with van der Waals surface area (Å²) >= 11 is 1.53. The molecule has 0 radical (unpaired) electrons. The first-order valence-electron chi connectivity index (χ1n) is 7.40. The predicted molar refractivity (Wildman–Crippen MR) is 90.8 cm³/mol. The number of amides is 2. The van der Waals surface area contributed by atoms with Crippen molar-refractivity contribution in [3.63, 3.8) is 0 Å². The van der Waals surface area contributed by atoms with E-state index in [1.165, 1.54) is 22.3 Å². The van der Waals surface area contributed by atoms with Crippen molar-refractivity contribution in [3.8, 4) is 0 Å². The molecule has 23 heavy (non-hydrogen) atoms. The standard InChI is InChI=1S/C15H20N2O4S2/c1-2-17(15(19)6-5-13-4-3-8-22-13)10-14(18)16-12-7-9-23(20,21)11-12/h3-6,8,12H,2,7,9-11H2,1H3,(H,16,18)/b6-5+/t12-/m1/s1. The molecule has 1 aliphatic heterocycles. The zero-order valence-electron chi connectivity index (χ0n) is 12.9. The van der Waals surface area contributed by atoms with Crippen molar-refractivity contribution in [2.75, 3.05) is 24.6 Å². The Morgan fingerprint density at radius 2 is 2.26 bits per heavy atom. The number of nitrogens with zero attached hydrogens (tertiary/aromatic N) is 1. The molecule has 1 aliphatic rings. The smallest absolute Gasteiger partial charge is 0.247 e. The van der Waals surface area contributed by atoms with Gasteiger partial charge in [-0.2, -0.15) is 0 Å². The van der Waals surface area contributed by atoms with Crippen LogP contribution in [0.2, 0.25) is 0 Å². The van der Waals surface area contributed by atoms with E-state index >= 15 is 0 Å². The largest absolute Gasteiger partial charge is 0.351 e. The lowest BCUT2D eigenvalue weighted by Gasteiger charge is -2.20. The first-order valence-corrected chi connectivity index (χ1v) is 10.1. The van der Waals surface area contributed by atoms with Crippen LogP contribution in [0.3, 0.4) is 0 Å². The van der Waals surface area contributed by atoms with E-state index in [4.69, 9.17) is 0 Å². The number of likely N-dealkylation sites (N-methyl/N-ethyl adjacent to an activating group) is 1. The van der Waals surface area contributed by atoms with Crippen LogP contribution in [0.5, 0.6) is 0 Å². The molecule has 0 spiro atoms. The quantitative estimate of drug-likeness (QED) is 0.768. The van der Waals surface area contributed by atoms with Crippen LogP contribution in [0.1, 0.15) is 18.2 Å². The molecule has 1 aromatic heterocycles. The number of carbonyl (C=O) groups is 2. The monoisotopic (exact) mass is 356 g/mol. The number of thiophene rings is 1. The van der Waals surface area contributed by atoms with E-state index in [-0.39, 0.29) is 35.9 Å². The number of hydrogen-bond donors (Lipinski definition) is 1. The van der Waals surface area contributed by atoms with E-state index in [1.807, 2.05) is 17.5 Å². The second-order valence-electron chi connectivity index (χ2n) is 5.37. The highest BCUT2D eigenvalue weighted by atomic mass is 32.2. The molecule has 1 saturated heterocycles. The average Bonchev–Trinajstić information content (AvgIpc) is 3.11. The molecule has 2 amide bonds. The Hall–Kier alpha value is -1.67. The van der Waals surface area contributed by atoms with Gasteiger partial charge in [0, 0.05) is 23.5 Å². The number of rotatable bonds is 6. The van der Waals surface area contributed by atoms with Gasteiger partial charge in [0.2, 0.25) is 11.8 Å². The van der Waals surface area contributed by atoms with E-state index in [9.17, 15) is 18.0 Å². The molecule has 126 valence electrons. The lowest BCUT2D eigenvalue weighted by Crippen LogP contribution is -2.44. The van der Waals surface area contributed by atoms with E-state index < -0.39 is 9.84 Å². The zero-order valence-corrected chi connectivity index (χ0v) is 14.5. The third-order valence-corrected chi connectivity index (χ3v) is 6.16. The van der Waals surface area contributed by atoms with Crippen LogP contribution in [0.25, 0.3) is 6.08 Å². The predicted octanol–water partition coefficient (Wildman–Crippen LogP) is 0.913. The minimum absolute atomic E-state index is 0.0168. The number of carbonyl (C=O) groups excluding carboxylic acids is 2. The van der Waals surface area contributed by atoms with Gasteiger partial charge < -0.3 is 10.2 Å². The molecule has 0 aliphatic carbocycles. The molecule has 8 heteroatoms. The van der Waals surface area contributed by atoms with Gasteiger partial charge in [-0.25, -0.2) is 8.42 Å². The summed E-state index contributed by atoms with van der Waals surface area (Å²) in [5, 5.41) is 4.61. The van der Waals surface area contributed by atoms with Gasteiger partial charge in [0.1, 0.15) is 0 Å². The number of nitrogens with one attached hydrogen (secondary N) is 1. The molecule has 1 N–H and O–H groups in total. The first-order chi connectivity index (χ1) is 10.9. The van der Waals surface area contributed by atoms with Crippen LogP contribution >= 0.6 is 11.3 Å². The molecule has 2 heterocycles. The summed E-state index contributed by atoms with van der Waals surface area (Å²) in [4.78, 5) is 26.5. The minimum Gasteiger partial charge on any atom is -0.351 e. The topological polar surface area (TPSA) is 83.6 Å². The van der Waals surface area contributed by atoms with Crippen LogP contribution in [0.15, 0.2) is 23.6 Å². The summed E-state index contributed by atoms with van der Waals surface area (Å²) in [6.07, 6.45) is 3.60. The molecular weight excluding hydrogens is 336 g/mol. The third-order valence-electron chi connectivity index (χ3n) is 3.56. The summed E-state index contributed by atoms with van der Waals surface area (Å²) in [5.41, 5.74) is 0. The molecule has 6 nitrogen and oxygen atoms in total. The maximum atomic E-state index is 12.1. The Morgan fingerprint density at radius 3 is 2.83 bits per heavy atom. The molecule has 1 aromatic rings. The van der Waals surface area contributed by atoms with Gasteiger partial charge in [-0.3, -0.25) is 9.59 Å². The van der Waals surface area contributed by atoms with Crippen LogP contribution in [0.4, 0.5) is 0 Å². The van der Waals surface area contributed by atoms with Crippen LogP contribution < -0.4 is 5.32 Å². The van der Waals surface area contributed by atoms with Crippen molar-refractivity contribution in [3.05, 3.63) is 28.5 Å². The summed E-state index contributed by atoms with van der Waals surface area (Å²) in [6.45, 7) is 2.13. The average molecular weight is 356 g/mol. The van der Waals surface area contributed by atoms with Crippen LogP contribution in [-0.2, 0) is 19.4 Å². The summed E-state index contributed by atoms with van der Waals surface area (Å²) in [7, 11) is -3.03. The fraction of sp³-hybridized carbons (Fsp3) is 0.467. The van der Waals surface area contributed by atoms with E-state index in [2.05, 4.69) is 5.32 Å². The highest BCUT2D eigenvalue weighted by Crippen LogP contribution is 2.12. The van der Waals surface area contributed by atoms with Gasteiger partial charge in [0.25, 0.3) is 0 Å². The molecule has 2 rings (SSSR count). The Labute approximate surface area is 140 Å². The van der Waals surface area contributed by atoms with E-state index in [0.717, 1.165) is 4.88 Å². The highest BCUT2D eigenvalue weighted by Gasteiger charge is 2.29. The van der Waals surface area contributed by atoms with Crippen molar-refractivity contribution >= 4 is 39.1 Å². The van der Waals surface area contributed by atoms with Crippen LogP contribution in [-0.4, -0.2) is 55.8 Å². The van der Waals surface area contributed by atoms with Crippen molar-refractivity contribution < 1.29 is 18.0 Å². The first kappa shape index (κ1) is 17.7. The molecule has 0 bridgehead atoms. The Balaban J connectivity index is 1.86. The van der Waals surface area contributed by atoms with Gasteiger partial charge in [0.05, 0.1) is 18.1 Å². The summed E-state index contributed by atoms with van der Waals surface area (Å²) < 4.78 is 22.8. The van der Waals surface area contributed by atoms with Crippen LogP contribution in [0, 0.1) is 0 Å². The fourth-order valence-corrected chi connectivity index (χ4v) is 4.64. The highest BCUT2D eigenvalue weighted by molar-refractivity contribution is 7.91. The third kappa shape index (κ3) is 5.47. The van der Waals surface area contributed by atoms with Crippen molar-refractivity contribution in [1.82, 2.24) is 10.2 Å².